The van der Waals surface area contributed by atoms with Crippen molar-refractivity contribution in [2.75, 3.05) is 18.4 Å². The van der Waals surface area contributed by atoms with E-state index in [1.54, 1.807) is 12.4 Å². The number of aromatic amines is 1. The molecule has 0 aliphatic carbocycles. The number of nitrogens with zero attached hydrogens (tertiary/aromatic N) is 1. The number of carbonyl (C=O) groups excluding carboxylic acids is 1. The maximum Gasteiger partial charge on any atom is 0.330 e. The number of hydrogen-bond donors (Lipinski definition) is 3. The van der Waals surface area contributed by atoms with Crippen molar-refractivity contribution >= 4 is 11.6 Å². The molecule has 6 nitrogen and oxygen atoms in total. The molecule has 2 aromatic rings. The first kappa shape index (κ1) is 13.6. The molecule has 0 unspecified atom stereocenters. The monoisotopic (exact) mass is 286 g/mol. The van der Waals surface area contributed by atoms with E-state index in [1.165, 1.54) is 4.57 Å². The highest BCUT2D eigenvalue weighted by Gasteiger charge is 2.20. The van der Waals surface area contributed by atoms with Crippen molar-refractivity contribution in [2.45, 2.75) is 12.8 Å². The van der Waals surface area contributed by atoms with Gasteiger partial charge in [-0.2, -0.15) is 0 Å². The van der Waals surface area contributed by atoms with E-state index in [0.29, 0.717) is 0 Å². The minimum absolute atomic E-state index is 0.0331. The van der Waals surface area contributed by atoms with Gasteiger partial charge in [0.05, 0.1) is 11.6 Å². The van der Waals surface area contributed by atoms with Crippen molar-refractivity contribution < 1.29 is 4.79 Å². The Hall–Kier alpha value is -2.34. The van der Waals surface area contributed by atoms with Crippen LogP contribution in [0.25, 0.3) is 5.69 Å². The molecule has 1 fully saturated rings. The molecule has 2 heterocycles. The second kappa shape index (κ2) is 5.97. The van der Waals surface area contributed by atoms with Crippen molar-refractivity contribution in [3.63, 3.8) is 0 Å². The van der Waals surface area contributed by atoms with E-state index >= 15 is 0 Å². The summed E-state index contributed by atoms with van der Waals surface area (Å²) in [4.78, 5) is 26.2. The standard InChI is InChI=1S/C15H18N4O2/c20-14(11-2-1-7-16-10-11)18-12-3-5-13(6-4-12)19-9-8-17-15(19)21/h3-6,8-9,11,16H,1-2,7,10H2,(H,17,21)(H,18,20)/t11-/m1/s1. The van der Waals surface area contributed by atoms with Crippen LogP contribution < -0.4 is 16.3 Å². The summed E-state index contributed by atoms with van der Waals surface area (Å²) in [6.07, 6.45) is 5.22. The highest BCUT2D eigenvalue weighted by molar-refractivity contribution is 5.92. The second-order valence-electron chi connectivity index (χ2n) is 5.21. The summed E-state index contributed by atoms with van der Waals surface area (Å²) >= 11 is 0. The summed E-state index contributed by atoms with van der Waals surface area (Å²) in [5.74, 6) is 0.0829. The van der Waals surface area contributed by atoms with Crippen LogP contribution >= 0.6 is 0 Å². The van der Waals surface area contributed by atoms with Crippen LogP contribution in [-0.2, 0) is 4.79 Å². The molecule has 1 saturated heterocycles. The smallest absolute Gasteiger partial charge is 0.326 e. The number of piperidine rings is 1. The van der Waals surface area contributed by atoms with Crippen molar-refractivity contribution in [1.29, 1.82) is 0 Å². The van der Waals surface area contributed by atoms with Crippen LogP contribution in [0.5, 0.6) is 0 Å². The van der Waals surface area contributed by atoms with Crippen LogP contribution in [0, 0.1) is 5.92 Å². The van der Waals surface area contributed by atoms with Crippen LogP contribution in [0.3, 0.4) is 0 Å². The van der Waals surface area contributed by atoms with E-state index in [0.717, 1.165) is 37.3 Å². The molecular weight excluding hydrogens is 268 g/mol. The third-order valence-corrected chi connectivity index (χ3v) is 3.73. The maximum absolute atomic E-state index is 12.1. The van der Waals surface area contributed by atoms with Crippen molar-refractivity contribution in [2.24, 2.45) is 5.92 Å². The lowest BCUT2D eigenvalue weighted by atomic mass is 9.99. The molecule has 1 aromatic heterocycles. The fraction of sp³-hybridized carbons (Fsp3) is 0.333. The Morgan fingerprint density at radius 1 is 1.29 bits per heavy atom. The lowest BCUT2D eigenvalue weighted by Crippen LogP contribution is -2.37. The molecule has 1 aliphatic rings. The van der Waals surface area contributed by atoms with Crippen LogP contribution in [0.4, 0.5) is 5.69 Å². The third kappa shape index (κ3) is 3.05. The van der Waals surface area contributed by atoms with Crippen molar-refractivity contribution in [3.8, 4) is 5.69 Å². The number of carbonyl (C=O) groups is 1. The van der Waals surface area contributed by atoms with Gasteiger partial charge < -0.3 is 15.6 Å². The molecule has 1 amide bonds. The van der Waals surface area contributed by atoms with Gasteiger partial charge in [0.1, 0.15) is 0 Å². The zero-order valence-electron chi connectivity index (χ0n) is 11.6. The van der Waals surface area contributed by atoms with E-state index < -0.39 is 0 Å². The zero-order valence-corrected chi connectivity index (χ0v) is 11.6. The topological polar surface area (TPSA) is 78.9 Å². The summed E-state index contributed by atoms with van der Waals surface area (Å²) in [5.41, 5.74) is 1.33. The number of anilines is 1. The second-order valence-corrected chi connectivity index (χ2v) is 5.21. The Bertz CT molecular complexity index is 665. The van der Waals surface area contributed by atoms with Gasteiger partial charge in [0.15, 0.2) is 0 Å². The van der Waals surface area contributed by atoms with Crippen LogP contribution in [0.15, 0.2) is 41.5 Å². The predicted molar refractivity (Wildman–Crippen MR) is 80.6 cm³/mol. The van der Waals surface area contributed by atoms with Gasteiger partial charge in [-0.3, -0.25) is 9.36 Å². The summed E-state index contributed by atoms with van der Waals surface area (Å²) in [6, 6.07) is 7.24. The number of amides is 1. The van der Waals surface area contributed by atoms with Gasteiger partial charge in [0.2, 0.25) is 5.91 Å². The predicted octanol–water partition coefficient (Wildman–Crippen LogP) is 1.10. The molecule has 6 heteroatoms. The molecule has 0 saturated carbocycles. The Labute approximate surface area is 122 Å². The lowest BCUT2D eigenvalue weighted by molar-refractivity contribution is -0.120. The van der Waals surface area contributed by atoms with E-state index in [4.69, 9.17) is 0 Å². The van der Waals surface area contributed by atoms with Crippen molar-refractivity contribution in [3.05, 3.63) is 47.1 Å². The summed E-state index contributed by atoms with van der Waals surface area (Å²) in [7, 11) is 0. The highest BCUT2D eigenvalue weighted by atomic mass is 16.2. The normalized spacial score (nSPS) is 18.4. The van der Waals surface area contributed by atoms with Crippen LogP contribution in [0.1, 0.15) is 12.8 Å². The van der Waals surface area contributed by atoms with Gasteiger partial charge in [-0.1, -0.05) is 0 Å². The van der Waals surface area contributed by atoms with Gasteiger partial charge in [0, 0.05) is 24.6 Å². The minimum Gasteiger partial charge on any atom is -0.326 e. The first-order chi connectivity index (χ1) is 10.2. The largest absolute Gasteiger partial charge is 0.330 e. The molecule has 0 spiro atoms. The van der Waals surface area contributed by atoms with Gasteiger partial charge in [-0.25, -0.2) is 4.79 Å². The minimum atomic E-state index is -0.180. The summed E-state index contributed by atoms with van der Waals surface area (Å²) < 4.78 is 1.51. The van der Waals surface area contributed by atoms with E-state index in [-0.39, 0.29) is 17.5 Å². The first-order valence-electron chi connectivity index (χ1n) is 7.12. The summed E-state index contributed by atoms with van der Waals surface area (Å²) in [5, 5.41) is 6.16. The molecule has 3 N–H and O–H groups in total. The van der Waals surface area contributed by atoms with Crippen molar-refractivity contribution in [1.82, 2.24) is 14.9 Å². The van der Waals surface area contributed by atoms with Crippen LogP contribution in [0.2, 0.25) is 0 Å². The molecule has 1 aliphatic heterocycles. The van der Waals surface area contributed by atoms with E-state index in [2.05, 4.69) is 15.6 Å². The van der Waals surface area contributed by atoms with Crippen LogP contribution in [-0.4, -0.2) is 28.5 Å². The zero-order chi connectivity index (χ0) is 14.7. The quantitative estimate of drug-likeness (QED) is 0.790. The molecule has 1 atom stereocenters. The highest BCUT2D eigenvalue weighted by Crippen LogP contribution is 2.16. The Kier molecular flexibility index (Phi) is 3.87. The van der Waals surface area contributed by atoms with E-state index in [9.17, 15) is 9.59 Å². The number of hydrogen-bond acceptors (Lipinski definition) is 3. The summed E-state index contributed by atoms with van der Waals surface area (Å²) in [6.45, 7) is 1.73. The number of imidazole rings is 1. The Morgan fingerprint density at radius 3 is 2.71 bits per heavy atom. The fourth-order valence-corrected chi connectivity index (χ4v) is 2.55. The van der Waals surface area contributed by atoms with Gasteiger partial charge in [-0.15, -0.1) is 0 Å². The lowest BCUT2D eigenvalue weighted by Gasteiger charge is -2.21. The third-order valence-electron chi connectivity index (χ3n) is 3.73. The van der Waals surface area contributed by atoms with Gasteiger partial charge >= 0.3 is 5.69 Å². The maximum atomic E-state index is 12.1. The molecule has 110 valence electrons. The molecule has 3 rings (SSSR count). The molecule has 21 heavy (non-hydrogen) atoms. The number of benzene rings is 1. The Morgan fingerprint density at radius 2 is 2.10 bits per heavy atom. The van der Waals surface area contributed by atoms with Gasteiger partial charge in [0.25, 0.3) is 0 Å². The number of rotatable bonds is 3. The molecule has 0 radical (unpaired) electrons. The SMILES string of the molecule is O=C(Nc1ccc(-n2cc[nH]c2=O)cc1)[C@@H]1CCCNC1. The fourth-order valence-electron chi connectivity index (χ4n) is 2.55. The Balaban J connectivity index is 1.68. The van der Waals surface area contributed by atoms with E-state index in [1.807, 2.05) is 24.3 Å². The first-order valence-corrected chi connectivity index (χ1v) is 7.12. The molecular formula is C15H18N4O2. The average Bonchev–Trinajstić information content (AvgIpc) is 2.95. The number of nitrogens with one attached hydrogen (secondary N) is 3. The molecule has 0 bridgehead atoms. The van der Waals surface area contributed by atoms with Gasteiger partial charge in [-0.05, 0) is 43.7 Å². The molecule has 1 aromatic carbocycles. The number of aromatic nitrogens is 2. The average molecular weight is 286 g/mol. The number of H-pyrrole nitrogens is 1.